The summed E-state index contributed by atoms with van der Waals surface area (Å²) < 4.78 is 1.70. The van der Waals surface area contributed by atoms with Crippen molar-refractivity contribution in [3.63, 3.8) is 0 Å². The summed E-state index contributed by atoms with van der Waals surface area (Å²) in [6.07, 6.45) is 2.77. The van der Waals surface area contributed by atoms with Crippen molar-refractivity contribution < 1.29 is 4.79 Å². The van der Waals surface area contributed by atoms with Crippen molar-refractivity contribution in [2.75, 3.05) is 30.3 Å². The van der Waals surface area contributed by atoms with E-state index < -0.39 is 0 Å². The monoisotopic (exact) mass is 254 g/mol. The fourth-order valence-electron chi connectivity index (χ4n) is 1.86. The number of nitrogens with zero attached hydrogens (tertiary/aromatic N) is 3. The van der Waals surface area contributed by atoms with E-state index in [-0.39, 0.29) is 5.91 Å². The first kappa shape index (κ1) is 12.3. The predicted octanol–water partition coefficient (Wildman–Crippen LogP) is 1.06. The van der Waals surface area contributed by atoms with Crippen LogP contribution in [0.1, 0.15) is 23.8 Å². The third-order valence-electron chi connectivity index (χ3n) is 2.83. The Morgan fingerprint density at radius 1 is 1.53 bits per heavy atom. The van der Waals surface area contributed by atoms with Crippen LogP contribution in [0, 0.1) is 0 Å². The van der Waals surface area contributed by atoms with Crippen LogP contribution < -0.4 is 5.73 Å². The second-order valence-electron chi connectivity index (χ2n) is 4.05. The molecular formula is C11H18N4OS. The van der Waals surface area contributed by atoms with E-state index in [4.69, 9.17) is 5.73 Å². The minimum absolute atomic E-state index is 0.0304. The van der Waals surface area contributed by atoms with Gasteiger partial charge >= 0.3 is 0 Å². The zero-order valence-corrected chi connectivity index (χ0v) is 10.9. The summed E-state index contributed by atoms with van der Waals surface area (Å²) in [5.41, 5.74) is 6.71. The number of nitrogen functional groups attached to an aromatic ring is 1. The smallest absolute Gasteiger partial charge is 0.276 e. The highest BCUT2D eigenvalue weighted by Crippen LogP contribution is 2.16. The van der Waals surface area contributed by atoms with Crippen LogP contribution >= 0.6 is 11.8 Å². The predicted molar refractivity (Wildman–Crippen MR) is 70.2 cm³/mol. The summed E-state index contributed by atoms with van der Waals surface area (Å²) in [4.78, 5) is 14.1. The topological polar surface area (TPSA) is 64.2 Å². The third-order valence-corrected chi connectivity index (χ3v) is 3.87. The Morgan fingerprint density at radius 2 is 2.35 bits per heavy atom. The first-order valence-electron chi connectivity index (χ1n) is 5.92. The average molecular weight is 254 g/mol. The number of hydrogen-bond acceptors (Lipinski definition) is 4. The van der Waals surface area contributed by atoms with Gasteiger partial charge in [-0.3, -0.25) is 9.48 Å². The van der Waals surface area contributed by atoms with Crippen molar-refractivity contribution >= 4 is 23.4 Å². The molecule has 0 aliphatic carbocycles. The lowest BCUT2D eigenvalue weighted by atomic mass is 10.3. The number of rotatable bonds is 2. The zero-order chi connectivity index (χ0) is 12.3. The number of nitrogens with two attached hydrogens (primary N) is 1. The van der Waals surface area contributed by atoms with E-state index >= 15 is 0 Å². The molecule has 0 aromatic carbocycles. The molecule has 1 aliphatic heterocycles. The molecule has 0 spiro atoms. The number of thioether (sulfide) groups is 1. The molecule has 94 valence electrons. The van der Waals surface area contributed by atoms with Crippen LogP contribution in [0.2, 0.25) is 0 Å². The molecule has 2 N–H and O–H groups in total. The number of carbonyl (C=O) groups is 1. The molecule has 0 atom stereocenters. The van der Waals surface area contributed by atoms with Gasteiger partial charge in [0, 0.05) is 31.6 Å². The van der Waals surface area contributed by atoms with Gasteiger partial charge in [0.1, 0.15) is 0 Å². The second-order valence-corrected chi connectivity index (χ2v) is 5.27. The van der Waals surface area contributed by atoms with Gasteiger partial charge in [0.2, 0.25) is 0 Å². The van der Waals surface area contributed by atoms with Crippen molar-refractivity contribution in [1.29, 1.82) is 0 Å². The Balaban J connectivity index is 2.14. The lowest BCUT2D eigenvalue weighted by Crippen LogP contribution is -2.33. The van der Waals surface area contributed by atoms with E-state index in [0.717, 1.165) is 37.6 Å². The number of aryl methyl sites for hydroxylation is 1. The van der Waals surface area contributed by atoms with Gasteiger partial charge in [0.25, 0.3) is 5.91 Å². The van der Waals surface area contributed by atoms with E-state index in [0.29, 0.717) is 11.4 Å². The maximum absolute atomic E-state index is 12.3. The quantitative estimate of drug-likeness (QED) is 0.857. The van der Waals surface area contributed by atoms with E-state index in [9.17, 15) is 4.79 Å². The van der Waals surface area contributed by atoms with Crippen LogP contribution in [0.3, 0.4) is 0 Å². The van der Waals surface area contributed by atoms with Crippen molar-refractivity contribution in [2.45, 2.75) is 19.9 Å². The van der Waals surface area contributed by atoms with Crippen LogP contribution in [0.5, 0.6) is 0 Å². The van der Waals surface area contributed by atoms with Crippen molar-refractivity contribution in [2.24, 2.45) is 0 Å². The fourth-order valence-corrected chi connectivity index (χ4v) is 2.75. The third kappa shape index (κ3) is 2.74. The molecular weight excluding hydrogens is 236 g/mol. The maximum Gasteiger partial charge on any atom is 0.276 e. The number of amides is 1. The van der Waals surface area contributed by atoms with Gasteiger partial charge in [-0.15, -0.1) is 0 Å². The summed E-state index contributed by atoms with van der Waals surface area (Å²) in [5.74, 6) is 2.10. The molecule has 17 heavy (non-hydrogen) atoms. The standard InChI is InChI=1S/C11H18N4OS/c1-2-15-8-9(12)10(13-15)11(16)14-4-3-6-17-7-5-14/h8H,2-7,12H2,1H3. The van der Waals surface area contributed by atoms with Crippen LogP contribution in [0.15, 0.2) is 6.20 Å². The SMILES string of the molecule is CCn1cc(N)c(C(=O)N2CCCSCC2)n1. The Hall–Kier alpha value is -1.17. The molecule has 0 radical (unpaired) electrons. The highest BCUT2D eigenvalue weighted by molar-refractivity contribution is 7.99. The molecule has 1 aromatic heterocycles. The lowest BCUT2D eigenvalue weighted by Gasteiger charge is -2.18. The molecule has 2 heterocycles. The Labute approximate surface area is 105 Å². The molecule has 1 aliphatic rings. The summed E-state index contributed by atoms with van der Waals surface area (Å²) in [5, 5.41) is 4.23. The summed E-state index contributed by atoms with van der Waals surface area (Å²) in [6.45, 7) is 4.31. The first-order chi connectivity index (χ1) is 8.22. The van der Waals surface area contributed by atoms with Crippen LogP contribution in [-0.2, 0) is 6.54 Å². The number of carbonyl (C=O) groups excluding carboxylic acids is 1. The normalized spacial score (nSPS) is 16.9. The Morgan fingerprint density at radius 3 is 3.06 bits per heavy atom. The summed E-state index contributed by atoms with van der Waals surface area (Å²) in [6, 6.07) is 0. The minimum Gasteiger partial charge on any atom is -0.396 e. The number of hydrogen-bond donors (Lipinski definition) is 1. The molecule has 1 fully saturated rings. The van der Waals surface area contributed by atoms with E-state index in [1.807, 2.05) is 23.6 Å². The van der Waals surface area contributed by atoms with Crippen LogP contribution in [-0.4, -0.2) is 45.2 Å². The van der Waals surface area contributed by atoms with E-state index in [1.165, 1.54) is 0 Å². The maximum atomic E-state index is 12.3. The summed E-state index contributed by atoms with van der Waals surface area (Å²) >= 11 is 1.90. The number of anilines is 1. The van der Waals surface area contributed by atoms with Crippen LogP contribution in [0.4, 0.5) is 5.69 Å². The molecule has 0 saturated carbocycles. The minimum atomic E-state index is -0.0304. The molecule has 0 bridgehead atoms. The highest BCUT2D eigenvalue weighted by atomic mass is 32.2. The molecule has 1 amide bonds. The van der Waals surface area contributed by atoms with E-state index in [2.05, 4.69) is 5.10 Å². The lowest BCUT2D eigenvalue weighted by molar-refractivity contribution is 0.0762. The van der Waals surface area contributed by atoms with Crippen LogP contribution in [0.25, 0.3) is 0 Å². The molecule has 5 nitrogen and oxygen atoms in total. The number of aromatic nitrogens is 2. The average Bonchev–Trinajstić information content (AvgIpc) is 2.56. The van der Waals surface area contributed by atoms with Gasteiger partial charge in [-0.25, -0.2) is 0 Å². The summed E-state index contributed by atoms with van der Waals surface area (Å²) in [7, 11) is 0. The van der Waals surface area contributed by atoms with Gasteiger partial charge in [-0.2, -0.15) is 16.9 Å². The second kappa shape index (κ2) is 5.44. The molecule has 6 heteroatoms. The molecule has 1 saturated heterocycles. The Bertz CT molecular complexity index is 396. The van der Waals surface area contributed by atoms with Gasteiger partial charge < -0.3 is 10.6 Å². The van der Waals surface area contributed by atoms with Crippen molar-refractivity contribution in [1.82, 2.24) is 14.7 Å². The van der Waals surface area contributed by atoms with Gasteiger partial charge in [0.05, 0.1) is 5.69 Å². The Kier molecular flexibility index (Phi) is 3.93. The first-order valence-corrected chi connectivity index (χ1v) is 7.07. The van der Waals surface area contributed by atoms with Crippen molar-refractivity contribution in [3.8, 4) is 0 Å². The fraction of sp³-hybridized carbons (Fsp3) is 0.636. The molecule has 0 unspecified atom stereocenters. The van der Waals surface area contributed by atoms with Gasteiger partial charge in [0.15, 0.2) is 5.69 Å². The van der Waals surface area contributed by atoms with Gasteiger partial charge in [-0.1, -0.05) is 0 Å². The molecule has 2 rings (SSSR count). The highest BCUT2D eigenvalue weighted by Gasteiger charge is 2.22. The van der Waals surface area contributed by atoms with Gasteiger partial charge in [-0.05, 0) is 19.1 Å². The zero-order valence-electron chi connectivity index (χ0n) is 10.1. The molecule has 1 aromatic rings. The van der Waals surface area contributed by atoms with Crippen molar-refractivity contribution in [3.05, 3.63) is 11.9 Å². The van der Waals surface area contributed by atoms with E-state index in [1.54, 1.807) is 10.9 Å². The largest absolute Gasteiger partial charge is 0.396 e.